The van der Waals surface area contributed by atoms with Crippen LogP contribution >= 0.6 is 23.5 Å². The molecule has 0 radical (unpaired) electrons. The lowest BCUT2D eigenvalue weighted by Crippen LogP contribution is -1.86. The van der Waals surface area contributed by atoms with Crippen LogP contribution in [-0.4, -0.2) is 12.5 Å². The Bertz CT molecular complexity index is 489. The van der Waals surface area contributed by atoms with Crippen LogP contribution < -0.4 is 0 Å². The van der Waals surface area contributed by atoms with Crippen molar-refractivity contribution in [2.24, 2.45) is 0 Å². The summed E-state index contributed by atoms with van der Waals surface area (Å²) in [5, 5.41) is 2.72. The largest absolute Gasteiger partial charge is 0.129 e. The summed E-state index contributed by atoms with van der Waals surface area (Å²) < 4.78 is 0. The molecule has 2 aromatic carbocycles. The van der Waals surface area contributed by atoms with Crippen LogP contribution in [0.15, 0.2) is 40.1 Å². The van der Waals surface area contributed by atoms with Crippen LogP contribution in [0.4, 0.5) is 0 Å². The van der Waals surface area contributed by atoms with Crippen LogP contribution in [0.3, 0.4) is 0 Å². The summed E-state index contributed by atoms with van der Waals surface area (Å²) in [5.74, 6) is 0. The molecule has 2 rings (SSSR count). The van der Waals surface area contributed by atoms with Crippen molar-refractivity contribution < 1.29 is 0 Å². The van der Waals surface area contributed by atoms with Crippen LogP contribution in [0, 0.1) is 6.92 Å². The molecule has 0 amide bonds. The Hall–Kier alpha value is -0.600. The highest BCUT2D eigenvalue weighted by atomic mass is 32.2. The van der Waals surface area contributed by atoms with Crippen molar-refractivity contribution in [1.29, 1.82) is 0 Å². The van der Waals surface area contributed by atoms with Crippen molar-refractivity contribution >= 4 is 34.3 Å². The van der Waals surface area contributed by atoms with E-state index in [1.807, 2.05) is 23.5 Å². The van der Waals surface area contributed by atoms with E-state index in [4.69, 9.17) is 0 Å². The minimum absolute atomic E-state index is 1.34. The molecule has 15 heavy (non-hydrogen) atoms. The fourth-order valence-corrected chi connectivity index (χ4v) is 3.41. The summed E-state index contributed by atoms with van der Waals surface area (Å²) in [5.41, 5.74) is 1.41. The van der Waals surface area contributed by atoms with Gasteiger partial charge in [0, 0.05) is 9.79 Å². The Morgan fingerprint density at radius 1 is 1.00 bits per heavy atom. The van der Waals surface area contributed by atoms with Crippen LogP contribution in [0.5, 0.6) is 0 Å². The molecule has 0 fully saturated rings. The fraction of sp³-hybridized carbons (Fsp3) is 0.231. The average Bonchev–Trinajstić information content (AvgIpc) is 2.28. The molecular weight excluding hydrogens is 220 g/mol. The van der Waals surface area contributed by atoms with E-state index < -0.39 is 0 Å². The first kappa shape index (κ1) is 10.9. The predicted molar refractivity (Wildman–Crippen MR) is 72.2 cm³/mol. The van der Waals surface area contributed by atoms with Gasteiger partial charge >= 0.3 is 0 Å². The Balaban J connectivity index is 2.83. The van der Waals surface area contributed by atoms with E-state index in [0.717, 1.165) is 0 Å². The molecule has 0 unspecified atom stereocenters. The quantitative estimate of drug-likeness (QED) is 0.697. The maximum atomic E-state index is 2.29. The molecule has 0 atom stereocenters. The standard InChI is InChI=1S/C13H14S2/c1-9-12(14-2)8-10-6-4-5-7-11(10)13(9)15-3/h4-8H,1-3H3. The molecule has 0 heterocycles. The summed E-state index contributed by atoms with van der Waals surface area (Å²) in [4.78, 5) is 2.80. The molecule has 2 aromatic rings. The maximum absolute atomic E-state index is 2.29. The maximum Gasteiger partial charge on any atom is 0.0188 e. The third-order valence-electron chi connectivity index (χ3n) is 2.63. The van der Waals surface area contributed by atoms with E-state index >= 15 is 0 Å². The Labute approximate surface area is 99.5 Å². The molecule has 0 nitrogen and oxygen atoms in total. The second-order valence-corrected chi connectivity index (χ2v) is 5.12. The normalized spacial score (nSPS) is 10.9. The first-order chi connectivity index (χ1) is 7.27. The molecule has 0 aromatic heterocycles. The van der Waals surface area contributed by atoms with E-state index in [-0.39, 0.29) is 0 Å². The van der Waals surface area contributed by atoms with Crippen LogP contribution in [-0.2, 0) is 0 Å². The second kappa shape index (κ2) is 4.50. The van der Waals surface area contributed by atoms with Crippen molar-refractivity contribution in [3.8, 4) is 0 Å². The van der Waals surface area contributed by atoms with Crippen LogP contribution in [0.2, 0.25) is 0 Å². The van der Waals surface area contributed by atoms with Gasteiger partial charge in [-0.05, 0) is 41.8 Å². The average molecular weight is 234 g/mol. The van der Waals surface area contributed by atoms with E-state index in [1.165, 1.54) is 26.1 Å². The lowest BCUT2D eigenvalue weighted by Gasteiger charge is -2.11. The van der Waals surface area contributed by atoms with Gasteiger partial charge < -0.3 is 0 Å². The minimum Gasteiger partial charge on any atom is -0.129 e. The number of hydrogen-bond acceptors (Lipinski definition) is 2. The monoisotopic (exact) mass is 234 g/mol. The van der Waals surface area contributed by atoms with Crippen molar-refractivity contribution in [1.82, 2.24) is 0 Å². The summed E-state index contributed by atoms with van der Waals surface area (Å²) in [6.45, 7) is 2.21. The van der Waals surface area contributed by atoms with Crippen LogP contribution in [0.1, 0.15) is 5.56 Å². The third-order valence-corrected chi connectivity index (χ3v) is 4.42. The third kappa shape index (κ3) is 1.88. The zero-order chi connectivity index (χ0) is 10.8. The number of rotatable bonds is 2. The molecule has 0 bridgehead atoms. The molecule has 0 aliphatic heterocycles. The summed E-state index contributed by atoms with van der Waals surface area (Å²) in [7, 11) is 0. The molecule has 0 saturated heterocycles. The summed E-state index contributed by atoms with van der Waals surface area (Å²) in [6, 6.07) is 10.9. The second-order valence-electron chi connectivity index (χ2n) is 3.46. The topological polar surface area (TPSA) is 0 Å². The zero-order valence-electron chi connectivity index (χ0n) is 9.20. The smallest absolute Gasteiger partial charge is 0.0188 e. The van der Waals surface area contributed by atoms with Gasteiger partial charge in [-0.3, -0.25) is 0 Å². The zero-order valence-corrected chi connectivity index (χ0v) is 10.8. The van der Waals surface area contributed by atoms with Gasteiger partial charge in [-0.25, -0.2) is 0 Å². The molecule has 78 valence electrons. The predicted octanol–water partition coefficient (Wildman–Crippen LogP) is 4.59. The van der Waals surface area contributed by atoms with Gasteiger partial charge in [0.2, 0.25) is 0 Å². The minimum atomic E-state index is 1.34. The van der Waals surface area contributed by atoms with Gasteiger partial charge in [0.15, 0.2) is 0 Å². The van der Waals surface area contributed by atoms with Crippen molar-refractivity contribution in [2.45, 2.75) is 16.7 Å². The van der Waals surface area contributed by atoms with Gasteiger partial charge in [-0.1, -0.05) is 24.3 Å². The molecule has 0 aliphatic carbocycles. The summed E-state index contributed by atoms with van der Waals surface area (Å²) in [6.07, 6.45) is 4.29. The molecule has 0 spiro atoms. The first-order valence-electron chi connectivity index (χ1n) is 4.88. The van der Waals surface area contributed by atoms with Crippen molar-refractivity contribution in [3.05, 3.63) is 35.9 Å². The van der Waals surface area contributed by atoms with Crippen LogP contribution in [0.25, 0.3) is 10.8 Å². The number of thioether (sulfide) groups is 2. The van der Waals surface area contributed by atoms with E-state index in [9.17, 15) is 0 Å². The van der Waals surface area contributed by atoms with E-state index in [2.05, 4.69) is 49.8 Å². The number of hydrogen-bond donors (Lipinski definition) is 0. The number of fused-ring (bicyclic) bond motifs is 1. The highest BCUT2D eigenvalue weighted by Crippen LogP contribution is 2.35. The van der Waals surface area contributed by atoms with Gasteiger partial charge in [-0.2, -0.15) is 0 Å². The van der Waals surface area contributed by atoms with E-state index in [0.29, 0.717) is 0 Å². The lowest BCUT2D eigenvalue weighted by molar-refractivity contribution is 1.23. The molecular formula is C13H14S2. The summed E-state index contributed by atoms with van der Waals surface area (Å²) >= 11 is 3.67. The van der Waals surface area contributed by atoms with Gasteiger partial charge in [0.05, 0.1) is 0 Å². The Kier molecular flexibility index (Phi) is 3.27. The van der Waals surface area contributed by atoms with Crippen molar-refractivity contribution in [2.75, 3.05) is 12.5 Å². The highest BCUT2D eigenvalue weighted by molar-refractivity contribution is 7.99. The highest BCUT2D eigenvalue weighted by Gasteiger charge is 2.07. The first-order valence-corrected chi connectivity index (χ1v) is 7.33. The molecule has 2 heteroatoms. The van der Waals surface area contributed by atoms with Gasteiger partial charge in [0.25, 0.3) is 0 Å². The van der Waals surface area contributed by atoms with Gasteiger partial charge in [0.1, 0.15) is 0 Å². The molecule has 0 N–H and O–H groups in total. The van der Waals surface area contributed by atoms with E-state index in [1.54, 1.807) is 0 Å². The van der Waals surface area contributed by atoms with Crippen molar-refractivity contribution in [3.63, 3.8) is 0 Å². The SMILES string of the molecule is CSc1cc2ccccc2c(SC)c1C. The fourth-order valence-electron chi connectivity index (χ4n) is 1.87. The van der Waals surface area contributed by atoms with Gasteiger partial charge in [-0.15, -0.1) is 23.5 Å². The molecule has 0 aliphatic rings. The Morgan fingerprint density at radius 2 is 1.73 bits per heavy atom. The number of benzene rings is 2. The molecule has 0 saturated carbocycles. The lowest BCUT2D eigenvalue weighted by atomic mass is 10.1. The Morgan fingerprint density at radius 3 is 2.40 bits per heavy atom.